The Balaban J connectivity index is 4.34. The second kappa shape index (κ2) is 43.4. The second-order valence-corrected chi connectivity index (χ2v) is 17.9. The highest BCUT2D eigenvalue weighted by Crippen LogP contribution is 2.38. The maximum atomic E-state index is 13.4. The summed E-state index contributed by atoms with van der Waals surface area (Å²) in [6, 6.07) is 0. The number of carbonyl (C=O) groups excluding carboxylic acids is 1. The van der Waals surface area contributed by atoms with Crippen LogP contribution in [0.5, 0.6) is 0 Å². The zero-order chi connectivity index (χ0) is 37.9. The largest absolute Gasteiger partial charge is 0.299 e. The zero-order valence-corrected chi connectivity index (χ0v) is 37.2. The van der Waals surface area contributed by atoms with Gasteiger partial charge in [-0.3, -0.25) is 4.79 Å². The molecule has 312 valence electrons. The average molecular weight is 731 g/mol. The van der Waals surface area contributed by atoms with Gasteiger partial charge in [0.1, 0.15) is 5.78 Å². The van der Waals surface area contributed by atoms with Gasteiger partial charge < -0.3 is 0 Å². The monoisotopic (exact) mass is 731 g/mol. The van der Waals surface area contributed by atoms with E-state index in [0.717, 1.165) is 19.3 Å². The topological polar surface area (TPSA) is 17.1 Å². The molecule has 0 bridgehead atoms. The highest BCUT2D eigenvalue weighted by atomic mass is 16.1. The Morgan fingerprint density at radius 1 is 0.250 bits per heavy atom. The van der Waals surface area contributed by atoms with Crippen LogP contribution in [0.4, 0.5) is 0 Å². The standard InChI is InChI=1S/C51H102O/c1-5-8-11-14-17-20-23-26-29-32-35-38-41-44-47-51(50(4)52,48-45-42-39-36-33-30-27-24-21-18-15-12-9-6-2)49-46-43-40-37-34-31-28-25-22-19-16-13-10-7-3/h5-49H2,1-4H3. The Morgan fingerprint density at radius 3 is 0.519 bits per heavy atom. The first-order valence-corrected chi connectivity index (χ1v) is 25.1. The number of ketones is 1. The third-order valence-electron chi connectivity index (χ3n) is 12.8. The first-order chi connectivity index (χ1) is 25.6. The molecule has 0 aromatic heterocycles. The number of hydrogen-bond acceptors (Lipinski definition) is 1. The molecule has 0 aliphatic rings. The minimum atomic E-state index is -0.0224. The summed E-state index contributed by atoms with van der Waals surface area (Å²) in [7, 11) is 0. The normalized spacial score (nSPS) is 11.9. The summed E-state index contributed by atoms with van der Waals surface area (Å²) in [6.07, 6.45) is 62.7. The van der Waals surface area contributed by atoms with Crippen molar-refractivity contribution in [2.75, 3.05) is 0 Å². The van der Waals surface area contributed by atoms with E-state index in [2.05, 4.69) is 20.8 Å². The molecule has 52 heavy (non-hydrogen) atoms. The third kappa shape index (κ3) is 36.6. The number of rotatable bonds is 46. The van der Waals surface area contributed by atoms with E-state index in [1.807, 2.05) is 6.92 Å². The Morgan fingerprint density at radius 2 is 0.385 bits per heavy atom. The van der Waals surface area contributed by atoms with Crippen LogP contribution in [0.2, 0.25) is 0 Å². The molecule has 0 N–H and O–H groups in total. The molecular formula is C51H102O. The van der Waals surface area contributed by atoms with Gasteiger partial charge in [0.15, 0.2) is 0 Å². The maximum Gasteiger partial charge on any atom is 0.135 e. The predicted molar refractivity (Wildman–Crippen MR) is 238 cm³/mol. The van der Waals surface area contributed by atoms with Gasteiger partial charge in [-0.2, -0.15) is 0 Å². The number of unbranched alkanes of at least 4 members (excludes halogenated alkanes) is 39. The van der Waals surface area contributed by atoms with Gasteiger partial charge in [0.2, 0.25) is 0 Å². The third-order valence-corrected chi connectivity index (χ3v) is 12.8. The van der Waals surface area contributed by atoms with Crippen LogP contribution in [-0.4, -0.2) is 5.78 Å². The van der Waals surface area contributed by atoms with Gasteiger partial charge in [-0.1, -0.05) is 290 Å². The summed E-state index contributed by atoms with van der Waals surface area (Å²) in [5.41, 5.74) is -0.0224. The van der Waals surface area contributed by atoms with Crippen molar-refractivity contribution >= 4 is 5.78 Å². The lowest BCUT2D eigenvalue weighted by Gasteiger charge is -2.32. The van der Waals surface area contributed by atoms with Crippen LogP contribution in [0.1, 0.15) is 317 Å². The van der Waals surface area contributed by atoms with Crippen LogP contribution in [0.3, 0.4) is 0 Å². The Kier molecular flexibility index (Phi) is 43.1. The van der Waals surface area contributed by atoms with Crippen molar-refractivity contribution in [1.29, 1.82) is 0 Å². The quantitative estimate of drug-likeness (QED) is 0.0570. The van der Waals surface area contributed by atoms with E-state index in [1.54, 1.807) is 0 Å². The van der Waals surface area contributed by atoms with E-state index in [4.69, 9.17) is 0 Å². The molecule has 0 heterocycles. The molecule has 0 aromatic carbocycles. The molecule has 0 aliphatic carbocycles. The van der Waals surface area contributed by atoms with Crippen LogP contribution in [0.25, 0.3) is 0 Å². The molecule has 0 radical (unpaired) electrons. The highest BCUT2D eigenvalue weighted by Gasteiger charge is 2.33. The summed E-state index contributed by atoms with van der Waals surface area (Å²) in [5.74, 6) is 0.520. The van der Waals surface area contributed by atoms with Crippen molar-refractivity contribution in [2.24, 2.45) is 5.41 Å². The summed E-state index contributed by atoms with van der Waals surface area (Å²) < 4.78 is 0. The zero-order valence-electron chi connectivity index (χ0n) is 37.2. The first kappa shape index (κ1) is 51.7. The van der Waals surface area contributed by atoms with E-state index >= 15 is 0 Å². The fourth-order valence-electron chi connectivity index (χ4n) is 8.88. The molecule has 0 spiro atoms. The first-order valence-electron chi connectivity index (χ1n) is 25.1. The van der Waals surface area contributed by atoms with Crippen molar-refractivity contribution in [3.8, 4) is 0 Å². The summed E-state index contributed by atoms with van der Waals surface area (Å²) in [6.45, 7) is 8.88. The predicted octanol–water partition coefficient (Wildman–Crippen LogP) is 19.2. The Bertz CT molecular complexity index is 587. The van der Waals surface area contributed by atoms with Crippen molar-refractivity contribution in [3.05, 3.63) is 0 Å². The molecule has 0 saturated carbocycles. The molecule has 0 atom stereocenters. The molecule has 0 fully saturated rings. The van der Waals surface area contributed by atoms with Crippen molar-refractivity contribution < 1.29 is 4.79 Å². The van der Waals surface area contributed by atoms with Crippen LogP contribution < -0.4 is 0 Å². The fraction of sp³-hybridized carbons (Fsp3) is 0.980. The molecule has 0 amide bonds. The summed E-state index contributed by atoms with van der Waals surface area (Å²) in [5, 5.41) is 0. The maximum absolute atomic E-state index is 13.4. The summed E-state index contributed by atoms with van der Waals surface area (Å²) >= 11 is 0. The number of carbonyl (C=O) groups is 1. The van der Waals surface area contributed by atoms with E-state index in [1.165, 1.54) is 270 Å². The lowest BCUT2D eigenvalue weighted by molar-refractivity contribution is -0.128. The van der Waals surface area contributed by atoms with E-state index in [-0.39, 0.29) is 5.41 Å². The van der Waals surface area contributed by atoms with Crippen molar-refractivity contribution in [3.63, 3.8) is 0 Å². The molecule has 1 nitrogen and oxygen atoms in total. The Hall–Kier alpha value is -0.330. The molecule has 1 heteroatoms. The van der Waals surface area contributed by atoms with Crippen LogP contribution in [0, 0.1) is 5.41 Å². The molecule has 0 aromatic rings. The minimum absolute atomic E-state index is 0.0224. The van der Waals surface area contributed by atoms with Gasteiger partial charge in [-0.25, -0.2) is 0 Å². The van der Waals surface area contributed by atoms with Crippen LogP contribution in [0.15, 0.2) is 0 Å². The van der Waals surface area contributed by atoms with Gasteiger partial charge in [-0.15, -0.1) is 0 Å². The van der Waals surface area contributed by atoms with Crippen LogP contribution >= 0.6 is 0 Å². The van der Waals surface area contributed by atoms with Gasteiger partial charge in [-0.05, 0) is 26.2 Å². The lowest BCUT2D eigenvalue weighted by atomic mass is 9.71. The van der Waals surface area contributed by atoms with E-state index in [9.17, 15) is 4.79 Å². The smallest absolute Gasteiger partial charge is 0.135 e. The van der Waals surface area contributed by atoms with Crippen molar-refractivity contribution in [1.82, 2.24) is 0 Å². The molecular weight excluding hydrogens is 629 g/mol. The van der Waals surface area contributed by atoms with Gasteiger partial charge >= 0.3 is 0 Å². The number of hydrogen-bond donors (Lipinski definition) is 0. The second-order valence-electron chi connectivity index (χ2n) is 17.9. The summed E-state index contributed by atoms with van der Waals surface area (Å²) in [4.78, 5) is 13.4. The number of Topliss-reactive ketones (excluding diaryl/α,β-unsaturated/α-hetero) is 1. The van der Waals surface area contributed by atoms with Crippen LogP contribution in [-0.2, 0) is 4.79 Å². The molecule has 0 aliphatic heterocycles. The molecule has 0 saturated heterocycles. The van der Waals surface area contributed by atoms with Gasteiger partial charge in [0.25, 0.3) is 0 Å². The van der Waals surface area contributed by atoms with E-state index in [0.29, 0.717) is 5.78 Å². The SMILES string of the molecule is CCCCCCCCCCCCCCCCC(CCCCCCCCCCCCCCCC)(CCCCCCCCCCCCCCCC)C(C)=O. The average Bonchev–Trinajstić information content (AvgIpc) is 3.14. The van der Waals surface area contributed by atoms with Crippen molar-refractivity contribution in [2.45, 2.75) is 317 Å². The van der Waals surface area contributed by atoms with E-state index < -0.39 is 0 Å². The van der Waals surface area contributed by atoms with Gasteiger partial charge in [0, 0.05) is 5.41 Å². The fourth-order valence-corrected chi connectivity index (χ4v) is 8.88. The minimum Gasteiger partial charge on any atom is -0.299 e. The lowest BCUT2D eigenvalue weighted by Crippen LogP contribution is -2.29. The molecule has 0 rings (SSSR count). The Labute approximate surface area is 331 Å². The highest BCUT2D eigenvalue weighted by molar-refractivity contribution is 5.82. The molecule has 0 unspecified atom stereocenters. The van der Waals surface area contributed by atoms with Gasteiger partial charge in [0.05, 0.1) is 0 Å².